The molecule has 1 unspecified atom stereocenters. The van der Waals surface area contributed by atoms with Crippen molar-refractivity contribution in [3.8, 4) is 0 Å². The highest BCUT2D eigenvalue weighted by molar-refractivity contribution is 7.07. The second kappa shape index (κ2) is 5.38. The average Bonchev–Trinajstić information content (AvgIpc) is 2.82. The average molecular weight is 253 g/mol. The second-order valence-corrected chi connectivity index (χ2v) is 4.66. The quantitative estimate of drug-likeness (QED) is 0.872. The molecule has 0 saturated carbocycles. The SMILES string of the molecule is CC(NCc1ccsc1)c1cccc(F)c1F. The van der Waals surface area contributed by atoms with Gasteiger partial charge in [0.15, 0.2) is 11.6 Å². The maximum atomic E-state index is 13.5. The van der Waals surface area contributed by atoms with Crippen molar-refractivity contribution in [3.05, 3.63) is 57.8 Å². The van der Waals surface area contributed by atoms with Crippen LogP contribution in [0, 0.1) is 11.6 Å². The van der Waals surface area contributed by atoms with E-state index in [2.05, 4.69) is 5.32 Å². The van der Waals surface area contributed by atoms with Gasteiger partial charge in [-0.05, 0) is 35.4 Å². The first-order chi connectivity index (χ1) is 8.18. The number of benzene rings is 1. The first-order valence-electron chi connectivity index (χ1n) is 5.37. The summed E-state index contributed by atoms with van der Waals surface area (Å²) in [7, 11) is 0. The van der Waals surface area contributed by atoms with Gasteiger partial charge in [-0.2, -0.15) is 11.3 Å². The summed E-state index contributed by atoms with van der Waals surface area (Å²) in [6.07, 6.45) is 0. The van der Waals surface area contributed by atoms with Crippen molar-refractivity contribution in [3.63, 3.8) is 0 Å². The Balaban J connectivity index is 2.04. The molecule has 1 atom stereocenters. The van der Waals surface area contributed by atoms with Gasteiger partial charge in [-0.15, -0.1) is 0 Å². The summed E-state index contributed by atoms with van der Waals surface area (Å²) in [5.41, 5.74) is 1.51. The van der Waals surface area contributed by atoms with Gasteiger partial charge in [0, 0.05) is 18.2 Å². The lowest BCUT2D eigenvalue weighted by Gasteiger charge is -2.14. The highest BCUT2D eigenvalue weighted by Crippen LogP contribution is 2.19. The van der Waals surface area contributed by atoms with Crippen molar-refractivity contribution in [2.45, 2.75) is 19.5 Å². The summed E-state index contributed by atoms with van der Waals surface area (Å²) in [5.74, 6) is -1.57. The molecule has 2 rings (SSSR count). The zero-order valence-corrected chi connectivity index (χ0v) is 10.2. The highest BCUT2D eigenvalue weighted by atomic mass is 32.1. The lowest BCUT2D eigenvalue weighted by atomic mass is 10.1. The Bertz CT molecular complexity index is 482. The van der Waals surface area contributed by atoms with E-state index in [1.54, 1.807) is 17.4 Å². The lowest BCUT2D eigenvalue weighted by Crippen LogP contribution is -2.19. The van der Waals surface area contributed by atoms with Gasteiger partial charge < -0.3 is 5.32 Å². The largest absolute Gasteiger partial charge is 0.306 e. The fourth-order valence-electron chi connectivity index (χ4n) is 1.63. The first kappa shape index (κ1) is 12.2. The van der Waals surface area contributed by atoms with Gasteiger partial charge in [0.05, 0.1) is 0 Å². The van der Waals surface area contributed by atoms with E-state index >= 15 is 0 Å². The minimum atomic E-state index is -0.799. The van der Waals surface area contributed by atoms with E-state index in [0.717, 1.165) is 11.6 Å². The minimum absolute atomic E-state index is 0.217. The monoisotopic (exact) mass is 253 g/mol. The van der Waals surface area contributed by atoms with Crippen molar-refractivity contribution >= 4 is 11.3 Å². The summed E-state index contributed by atoms with van der Waals surface area (Å²) in [4.78, 5) is 0. The van der Waals surface area contributed by atoms with Crippen molar-refractivity contribution in [1.82, 2.24) is 5.32 Å². The van der Waals surface area contributed by atoms with Crippen LogP contribution in [0.5, 0.6) is 0 Å². The molecule has 0 fully saturated rings. The summed E-state index contributed by atoms with van der Waals surface area (Å²) < 4.78 is 26.6. The highest BCUT2D eigenvalue weighted by Gasteiger charge is 2.13. The summed E-state index contributed by atoms with van der Waals surface area (Å²) >= 11 is 1.62. The van der Waals surface area contributed by atoms with E-state index < -0.39 is 11.6 Å². The predicted molar refractivity (Wildman–Crippen MR) is 65.9 cm³/mol. The molecule has 0 spiro atoms. The first-order valence-corrected chi connectivity index (χ1v) is 6.31. The van der Waals surface area contributed by atoms with E-state index in [1.165, 1.54) is 6.07 Å². The molecule has 1 N–H and O–H groups in total. The van der Waals surface area contributed by atoms with Crippen LogP contribution in [0.15, 0.2) is 35.0 Å². The van der Waals surface area contributed by atoms with Crippen molar-refractivity contribution in [2.24, 2.45) is 0 Å². The molecule has 1 heterocycles. The van der Waals surface area contributed by atoms with Gasteiger partial charge >= 0.3 is 0 Å². The van der Waals surface area contributed by atoms with Gasteiger partial charge in [-0.3, -0.25) is 0 Å². The molecule has 17 heavy (non-hydrogen) atoms. The van der Waals surface area contributed by atoms with Crippen LogP contribution in [0.1, 0.15) is 24.1 Å². The van der Waals surface area contributed by atoms with Gasteiger partial charge in [0.25, 0.3) is 0 Å². The molecule has 1 aromatic carbocycles. The van der Waals surface area contributed by atoms with Crippen molar-refractivity contribution in [1.29, 1.82) is 0 Å². The Morgan fingerprint density at radius 2 is 2.12 bits per heavy atom. The molecule has 0 saturated heterocycles. The zero-order chi connectivity index (χ0) is 12.3. The number of thiophene rings is 1. The number of rotatable bonds is 4. The Hall–Kier alpha value is -1.26. The summed E-state index contributed by atoms with van der Waals surface area (Å²) in [6, 6.07) is 6.04. The van der Waals surface area contributed by atoms with Crippen LogP contribution in [0.4, 0.5) is 8.78 Å². The number of hydrogen-bond donors (Lipinski definition) is 1. The molecule has 1 nitrogen and oxygen atoms in total. The molecule has 0 aliphatic heterocycles. The Kier molecular flexibility index (Phi) is 3.86. The third kappa shape index (κ3) is 2.90. The van der Waals surface area contributed by atoms with Crippen LogP contribution >= 0.6 is 11.3 Å². The van der Waals surface area contributed by atoms with Crippen molar-refractivity contribution in [2.75, 3.05) is 0 Å². The van der Waals surface area contributed by atoms with E-state index in [1.807, 2.05) is 23.8 Å². The Morgan fingerprint density at radius 3 is 2.82 bits per heavy atom. The maximum absolute atomic E-state index is 13.5. The Labute approximate surface area is 103 Å². The van der Waals surface area contributed by atoms with Crippen LogP contribution in [-0.4, -0.2) is 0 Å². The zero-order valence-electron chi connectivity index (χ0n) is 9.41. The Morgan fingerprint density at radius 1 is 1.29 bits per heavy atom. The molecule has 0 aliphatic carbocycles. The summed E-state index contributed by atoms with van der Waals surface area (Å²) in [6.45, 7) is 2.48. The van der Waals surface area contributed by atoms with Gasteiger partial charge in [0.2, 0.25) is 0 Å². The normalized spacial score (nSPS) is 12.6. The lowest BCUT2D eigenvalue weighted by molar-refractivity contribution is 0.472. The number of nitrogens with one attached hydrogen (secondary N) is 1. The molecule has 1 aromatic heterocycles. The van der Waals surface area contributed by atoms with Crippen LogP contribution in [0.2, 0.25) is 0 Å². The van der Waals surface area contributed by atoms with Crippen LogP contribution < -0.4 is 5.32 Å². The van der Waals surface area contributed by atoms with E-state index in [9.17, 15) is 8.78 Å². The van der Waals surface area contributed by atoms with Crippen LogP contribution in [0.25, 0.3) is 0 Å². The van der Waals surface area contributed by atoms with E-state index in [4.69, 9.17) is 0 Å². The molecule has 0 aliphatic rings. The molecule has 0 radical (unpaired) electrons. The van der Waals surface area contributed by atoms with Crippen LogP contribution in [-0.2, 0) is 6.54 Å². The third-order valence-electron chi connectivity index (χ3n) is 2.64. The number of halogens is 2. The van der Waals surface area contributed by atoms with Gasteiger partial charge in [-0.25, -0.2) is 8.78 Å². The molecule has 2 aromatic rings. The minimum Gasteiger partial charge on any atom is -0.306 e. The van der Waals surface area contributed by atoms with E-state index in [-0.39, 0.29) is 6.04 Å². The standard InChI is InChI=1S/C13H13F2NS/c1-9(16-7-10-5-6-17-8-10)11-3-2-4-12(14)13(11)15/h2-6,8-9,16H,7H2,1H3. The third-order valence-corrected chi connectivity index (χ3v) is 3.37. The molecule has 0 amide bonds. The topological polar surface area (TPSA) is 12.0 Å². The van der Waals surface area contributed by atoms with Gasteiger partial charge in [0.1, 0.15) is 0 Å². The van der Waals surface area contributed by atoms with Gasteiger partial charge in [-0.1, -0.05) is 12.1 Å². The van der Waals surface area contributed by atoms with Crippen molar-refractivity contribution < 1.29 is 8.78 Å². The molecule has 4 heteroatoms. The van der Waals surface area contributed by atoms with E-state index in [0.29, 0.717) is 12.1 Å². The smallest absolute Gasteiger partial charge is 0.163 e. The maximum Gasteiger partial charge on any atom is 0.163 e. The van der Waals surface area contributed by atoms with Crippen LogP contribution in [0.3, 0.4) is 0 Å². The second-order valence-electron chi connectivity index (χ2n) is 3.88. The molecular weight excluding hydrogens is 240 g/mol. The summed E-state index contributed by atoms with van der Waals surface area (Å²) in [5, 5.41) is 7.19. The fourth-order valence-corrected chi connectivity index (χ4v) is 2.30. The fraction of sp³-hybridized carbons (Fsp3) is 0.231. The molecule has 90 valence electrons. The molecular formula is C13H13F2NS. The molecule has 0 bridgehead atoms. The number of hydrogen-bond acceptors (Lipinski definition) is 2. The predicted octanol–water partition coefficient (Wildman–Crippen LogP) is 3.88.